The van der Waals surface area contributed by atoms with E-state index in [2.05, 4.69) is 10.6 Å². The molecule has 1 atom stereocenters. The van der Waals surface area contributed by atoms with E-state index < -0.39 is 0 Å². The number of carbonyl (C=O) groups excluding carboxylic acids is 2. The first-order chi connectivity index (χ1) is 9.60. The predicted molar refractivity (Wildman–Crippen MR) is 85.6 cm³/mol. The molecule has 21 heavy (non-hydrogen) atoms. The molecule has 5 nitrogen and oxygen atoms in total. The van der Waals surface area contributed by atoms with Gasteiger partial charge in [-0.05, 0) is 37.0 Å². The quantitative estimate of drug-likeness (QED) is 0.750. The van der Waals surface area contributed by atoms with Crippen molar-refractivity contribution in [3.63, 3.8) is 0 Å². The summed E-state index contributed by atoms with van der Waals surface area (Å²) in [6.45, 7) is 2.28. The van der Waals surface area contributed by atoms with Crippen molar-refractivity contribution in [1.82, 2.24) is 5.32 Å². The number of carbonyl (C=O) groups is 2. The Balaban J connectivity index is 0.00000220. The topological polar surface area (TPSA) is 84.2 Å². The van der Waals surface area contributed by atoms with Crippen LogP contribution >= 0.6 is 12.4 Å². The molecule has 1 aliphatic carbocycles. The molecule has 0 heterocycles. The lowest BCUT2D eigenvalue weighted by molar-refractivity contribution is -0.115. The Hall–Kier alpha value is -1.59. The minimum absolute atomic E-state index is 0. The van der Waals surface area contributed by atoms with Crippen LogP contribution in [0.3, 0.4) is 0 Å². The highest BCUT2D eigenvalue weighted by Crippen LogP contribution is 2.31. The zero-order valence-electron chi connectivity index (χ0n) is 12.1. The number of nitrogens with one attached hydrogen (secondary N) is 2. The molecule has 1 aliphatic rings. The summed E-state index contributed by atoms with van der Waals surface area (Å²) in [6.07, 6.45) is 2.73. The average Bonchev–Trinajstić information content (AvgIpc) is 3.29. The van der Waals surface area contributed by atoms with Crippen molar-refractivity contribution in [1.29, 1.82) is 0 Å². The number of hydrogen-bond acceptors (Lipinski definition) is 3. The zero-order chi connectivity index (χ0) is 14.5. The number of rotatable bonds is 6. The molecule has 4 N–H and O–H groups in total. The van der Waals surface area contributed by atoms with Gasteiger partial charge < -0.3 is 16.4 Å². The first kappa shape index (κ1) is 17.5. The van der Waals surface area contributed by atoms with Crippen LogP contribution in [0.5, 0.6) is 0 Å². The minimum Gasteiger partial charge on any atom is -0.350 e. The van der Waals surface area contributed by atoms with Crippen molar-refractivity contribution in [3.05, 3.63) is 29.8 Å². The SMILES string of the molecule is CCC(=O)Nc1cccc(C(=O)NCC(N)C2CC2)c1.Cl. The Morgan fingerprint density at radius 3 is 2.71 bits per heavy atom. The third kappa shape index (κ3) is 5.36. The largest absolute Gasteiger partial charge is 0.350 e. The van der Waals surface area contributed by atoms with Crippen LogP contribution in [0.25, 0.3) is 0 Å². The monoisotopic (exact) mass is 311 g/mol. The summed E-state index contributed by atoms with van der Waals surface area (Å²) >= 11 is 0. The number of benzene rings is 1. The zero-order valence-corrected chi connectivity index (χ0v) is 12.9. The molecule has 0 saturated heterocycles. The number of amides is 2. The van der Waals surface area contributed by atoms with Gasteiger partial charge in [0.25, 0.3) is 5.91 Å². The number of halogens is 1. The van der Waals surface area contributed by atoms with E-state index >= 15 is 0 Å². The van der Waals surface area contributed by atoms with E-state index in [0.29, 0.717) is 30.1 Å². The van der Waals surface area contributed by atoms with E-state index in [0.717, 1.165) is 12.8 Å². The van der Waals surface area contributed by atoms with Crippen LogP contribution in [0.15, 0.2) is 24.3 Å². The van der Waals surface area contributed by atoms with Crippen LogP contribution in [-0.4, -0.2) is 24.4 Å². The fourth-order valence-electron chi connectivity index (χ4n) is 1.99. The Bertz CT molecular complexity index is 503. The van der Waals surface area contributed by atoms with Gasteiger partial charge in [-0.1, -0.05) is 13.0 Å². The molecule has 0 radical (unpaired) electrons. The molecular weight excluding hydrogens is 290 g/mol. The second kappa shape index (κ2) is 8.00. The molecule has 1 fully saturated rings. The highest BCUT2D eigenvalue weighted by Gasteiger charge is 2.28. The maximum Gasteiger partial charge on any atom is 0.251 e. The van der Waals surface area contributed by atoms with Crippen molar-refractivity contribution in [3.8, 4) is 0 Å². The van der Waals surface area contributed by atoms with Gasteiger partial charge in [-0.2, -0.15) is 0 Å². The second-order valence-electron chi connectivity index (χ2n) is 5.19. The van der Waals surface area contributed by atoms with Crippen molar-refractivity contribution in [2.24, 2.45) is 11.7 Å². The van der Waals surface area contributed by atoms with Crippen LogP contribution < -0.4 is 16.4 Å². The van der Waals surface area contributed by atoms with Crippen LogP contribution in [0.4, 0.5) is 5.69 Å². The van der Waals surface area contributed by atoms with Crippen LogP contribution in [0.2, 0.25) is 0 Å². The highest BCUT2D eigenvalue weighted by molar-refractivity contribution is 5.97. The van der Waals surface area contributed by atoms with Gasteiger partial charge in [-0.15, -0.1) is 12.4 Å². The third-order valence-corrected chi connectivity index (χ3v) is 3.46. The van der Waals surface area contributed by atoms with Gasteiger partial charge in [-0.3, -0.25) is 9.59 Å². The lowest BCUT2D eigenvalue weighted by atomic mass is 10.1. The first-order valence-corrected chi connectivity index (χ1v) is 7.04. The minimum atomic E-state index is -0.159. The van der Waals surface area contributed by atoms with E-state index in [4.69, 9.17) is 5.73 Å². The van der Waals surface area contributed by atoms with Gasteiger partial charge in [0.1, 0.15) is 0 Å². The van der Waals surface area contributed by atoms with E-state index in [9.17, 15) is 9.59 Å². The maximum atomic E-state index is 12.0. The number of hydrogen-bond donors (Lipinski definition) is 3. The van der Waals surface area contributed by atoms with Crippen LogP contribution in [0.1, 0.15) is 36.5 Å². The molecule has 1 unspecified atom stereocenters. The summed E-state index contributed by atoms with van der Waals surface area (Å²) in [5.74, 6) is 0.331. The maximum absolute atomic E-state index is 12.0. The highest BCUT2D eigenvalue weighted by atomic mass is 35.5. The Morgan fingerprint density at radius 2 is 2.10 bits per heavy atom. The van der Waals surface area contributed by atoms with Gasteiger partial charge in [-0.25, -0.2) is 0 Å². The normalized spacial score (nSPS) is 14.8. The van der Waals surface area contributed by atoms with E-state index in [1.54, 1.807) is 31.2 Å². The summed E-state index contributed by atoms with van der Waals surface area (Å²) in [5.41, 5.74) is 7.11. The molecular formula is C15H22ClN3O2. The molecule has 0 aliphatic heterocycles. The van der Waals surface area contributed by atoms with Crippen LogP contribution in [-0.2, 0) is 4.79 Å². The standard InChI is InChI=1S/C15H21N3O2.ClH/c1-2-14(19)18-12-5-3-4-11(8-12)15(20)17-9-13(16)10-6-7-10;/h3-5,8,10,13H,2,6-7,9,16H2,1H3,(H,17,20)(H,18,19);1H. The average molecular weight is 312 g/mol. The fraction of sp³-hybridized carbons (Fsp3) is 0.467. The van der Waals surface area contributed by atoms with E-state index in [1.165, 1.54) is 0 Å². The molecule has 1 aromatic carbocycles. The summed E-state index contributed by atoms with van der Waals surface area (Å²) in [5, 5.41) is 5.57. The van der Waals surface area contributed by atoms with Crippen molar-refractivity contribution in [2.75, 3.05) is 11.9 Å². The van der Waals surface area contributed by atoms with Gasteiger partial charge in [0.05, 0.1) is 0 Å². The molecule has 1 saturated carbocycles. The van der Waals surface area contributed by atoms with E-state index in [1.807, 2.05) is 0 Å². The summed E-state index contributed by atoms with van der Waals surface area (Å²) < 4.78 is 0. The van der Waals surface area contributed by atoms with Crippen LogP contribution in [0, 0.1) is 5.92 Å². The Labute approximate surface area is 131 Å². The summed E-state index contributed by atoms with van der Waals surface area (Å²) in [6, 6.07) is 6.95. The first-order valence-electron chi connectivity index (χ1n) is 7.04. The van der Waals surface area contributed by atoms with Gasteiger partial charge in [0.2, 0.25) is 5.91 Å². The Kier molecular flexibility index (Phi) is 6.65. The summed E-state index contributed by atoms with van der Waals surface area (Å²) in [4.78, 5) is 23.4. The summed E-state index contributed by atoms with van der Waals surface area (Å²) in [7, 11) is 0. The van der Waals surface area contributed by atoms with Crippen molar-refractivity contribution in [2.45, 2.75) is 32.2 Å². The molecule has 2 amide bonds. The van der Waals surface area contributed by atoms with Crippen molar-refractivity contribution >= 4 is 29.9 Å². The predicted octanol–water partition coefficient (Wildman–Crippen LogP) is 1.92. The molecule has 1 aromatic rings. The smallest absolute Gasteiger partial charge is 0.251 e. The molecule has 2 rings (SSSR count). The van der Waals surface area contributed by atoms with Gasteiger partial charge >= 0.3 is 0 Å². The molecule has 6 heteroatoms. The lowest BCUT2D eigenvalue weighted by Gasteiger charge is -2.12. The molecule has 116 valence electrons. The molecule has 0 aromatic heterocycles. The molecule has 0 bridgehead atoms. The molecule has 0 spiro atoms. The second-order valence-corrected chi connectivity index (χ2v) is 5.19. The van der Waals surface area contributed by atoms with Gasteiger partial charge in [0.15, 0.2) is 0 Å². The van der Waals surface area contributed by atoms with Gasteiger partial charge in [0, 0.05) is 30.3 Å². The fourth-order valence-corrected chi connectivity index (χ4v) is 1.99. The number of nitrogens with two attached hydrogens (primary N) is 1. The lowest BCUT2D eigenvalue weighted by Crippen LogP contribution is -2.38. The van der Waals surface area contributed by atoms with Crippen molar-refractivity contribution < 1.29 is 9.59 Å². The Morgan fingerprint density at radius 1 is 1.38 bits per heavy atom. The number of anilines is 1. The van der Waals surface area contributed by atoms with E-state index in [-0.39, 0.29) is 30.3 Å². The third-order valence-electron chi connectivity index (χ3n) is 3.46.